The third kappa shape index (κ3) is 5.96. The van der Waals surface area contributed by atoms with Gasteiger partial charge in [0.2, 0.25) is 11.8 Å². The third-order valence-corrected chi connectivity index (χ3v) is 3.89. The predicted octanol–water partition coefficient (Wildman–Crippen LogP) is 0.321. The topological polar surface area (TPSA) is 86.7 Å². The van der Waals surface area contributed by atoms with Crippen molar-refractivity contribution in [1.82, 2.24) is 10.2 Å². The van der Waals surface area contributed by atoms with Gasteiger partial charge in [-0.15, -0.1) is 11.8 Å². The number of carbonyl (C=O) groups excluding carboxylic acids is 2. The number of amides is 2. The van der Waals surface area contributed by atoms with Crippen LogP contribution in [0.4, 0.5) is 0 Å². The first-order valence-corrected chi connectivity index (χ1v) is 7.55. The van der Waals surface area contributed by atoms with Gasteiger partial charge in [0.15, 0.2) is 0 Å². The number of hydrogen-bond donors (Lipinski definition) is 2. The fraction of sp³-hybridized carbons (Fsp3) is 0.750. The van der Waals surface area contributed by atoms with Crippen molar-refractivity contribution in [2.24, 2.45) is 0 Å². The summed E-state index contributed by atoms with van der Waals surface area (Å²) in [6.07, 6.45) is 2.01. The number of piperidine rings is 1. The Kier molecular flexibility index (Phi) is 6.69. The summed E-state index contributed by atoms with van der Waals surface area (Å²) in [6.45, 7) is 3.07. The second-order valence-corrected chi connectivity index (χ2v) is 5.45. The maximum Gasteiger partial charge on any atom is 0.313 e. The van der Waals surface area contributed by atoms with Gasteiger partial charge in [0.05, 0.1) is 11.5 Å². The maximum absolute atomic E-state index is 11.8. The number of rotatable bonds is 6. The molecule has 0 bridgehead atoms. The van der Waals surface area contributed by atoms with Crippen molar-refractivity contribution in [3.05, 3.63) is 0 Å². The largest absolute Gasteiger partial charge is 0.481 e. The highest BCUT2D eigenvalue weighted by Crippen LogP contribution is 2.12. The minimum absolute atomic E-state index is 0.0217. The van der Waals surface area contributed by atoms with Gasteiger partial charge in [0.25, 0.3) is 0 Å². The maximum atomic E-state index is 11.8. The van der Waals surface area contributed by atoms with Gasteiger partial charge >= 0.3 is 5.97 Å². The molecule has 1 heterocycles. The van der Waals surface area contributed by atoms with Crippen LogP contribution in [0.2, 0.25) is 0 Å². The Morgan fingerprint density at radius 3 is 2.42 bits per heavy atom. The lowest BCUT2D eigenvalue weighted by molar-refractivity contribution is -0.134. The van der Waals surface area contributed by atoms with E-state index >= 15 is 0 Å². The van der Waals surface area contributed by atoms with Crippen LogP contribution in [0.5, 0.6) is 0 Å². The molecular formula is C12H20N2O4S. The summed E-state index contributed by atoms with van der Waals surface area (Å²) in [5.41, 5.74) is 0. The minimum Gasteiger partial charge on any atom is -0.481 e. The van der Waals surface area contributed by atoms with E-state index in [1.807, 2.05) is 6.92 Å². The number of carbonyl (C=O) groups is 3. The first-order valence-electron chi connectivity index (χ1n) is 6.39. The van der Waals surface area contributed by atoms with Crippen molar-refractivity contribution < 1.29 is 19.5 Å². The molecule has 1 aliphatic heterocycles. The van der Waals surface area contributed by atoms with E-state index in [-0.39, 0.29) is 29.4 Å². The molecule has 0 spiro atoms. The van der Waals surface area contributed by atoms with Crippen molar-refractivity contribution in [2.75, 3.05) is 24.6 Å². The lowest BCUT2D eigenvalue weighted by atomic mass is 10.0. The van der Waals surface area contributed by atoms with Gasteiger partial charge in [-0.2, -0.15) is 0 Å². The average molecular weight is 288 g/mol. The van der Waals surface area contributed by atoms with Gasteiger partial charge in [-0.05, 0) is 12.8 Å². The van der Waals surface area contributed by atoms with Crippen LogP contribution in [-0.2, 0) is 14.4 Å². The number of nitrogens with zero attached hydrogens (tertiary/aromatic N) is 1. The summed E-state index contributed by atoms with van der Waals surface area (Å²) in [5, 5.41) is 11.4. The third-order valence-electron chi connectivity index (χ3n) is 2.98. The Labute approximate surface area is 116 Å². The Balaban J connectivity index is 2.23. The van der Waals surface area contributed by atoms with Crippen LogP contribution in [0.1, 0.15) is 26.2 Å². The fourth-order valence-corrected chi connectivity index (χ4v) is 2.55. The van der Waals surface area contributed by atoms with Gasteiger partial charge in [-0.3, -0.25) is 14.4 Å². The number of aliphatic carboxylic acids is 1. The van der Waals surface area contributed by atoms with Gasteiger partial charge in [-0.25, -0.2) is 0 Å². The summed E-state index contributed by atoms with van der Waals surface area (Å²) in [7, 11) is 0. The number of hydrogen-bond acceptors (Lipinski definition) is 4. The first kappa shape index (κ1) is 15.8. The molecule has 0 aromatic heterocycles. The predicted molar refractivity (Wildman–Crippen MR) is 73.0 cm³/mol. The smallest absolute Gasteiger partial charge is 0.313 e. The Morgan fingerprint density at radius 2 is 1.89 bits per heavy atom. The molecule has 2 amide bonds. The molecule has 2 N–H and O–H groups in total. The molecule has 0 aliphatic carbocycles. The van der Waals surface area contributed by atoms with Crippen LogP contribution in [0.3, 0.4) is 0 Å². The van der Waals surface area contributed by atoms with Gasteiger partial charge in [0, 0.05) is 25.6 Å². The highest BCUT2D eigenvalue weighted by molar-refractivity contribution is 8.00. The Morgan fingerprint density at radius 1 is 1.26 bits per heavy atom. The van der Waals surface area contributed by atoms with E-state index in [1.54, 1.807) is 4.90 Å². The number of carboxylic acid groups (broad SMARTS) is 1. The van der Waals surface area contributed by atoms with Crippen molar-refractivity contribution in [3.63, 3.8) is 0 Å². The zero-order chi connectivity index (χ0) is 14.3. The molecular weight excluding hydrogens is 268 g/mol. The van der Waals surface area contributed by atoms with Crippen molar-refractivity contribution in [2.45, 2.75) is 32.2 Å². The van der Waals surface area contributed by atoms with E-state index in [4.69, 9.17) is 5.11 Å². The zero-order valence-electron chi connectivity index (χ0n) is 11.1. The van der Waals surface area contributed by atoms with Gasteiger partial charge in [-0.1, -0.05) is 6.92 Å². The molecule has 19 heavy (non-hydrogen) atoms. The fourth-order valence-electron chi connectivity index (χ4n) is 1.92. The number of carboxylic acids is 1. The molecule has 1 aliphatic rings. The zero-order valence-corrected chi connectivity index (χ0v) is 11.9. The van der Waals surface area contributed by atoms with Crippen molar-refractivity contribution >= 4 is 29.5 Å². The van der Waals surface area contributed by atoms with E-state index < -0.39 is 5.97 Å². The summed E-state index contributed by atoms with van der Waals surface area (Å²) < 4.78 is 0. The molecule has 0 atom stereocenters. The molecule has 1 fully saturated rings. The highest BCUT2D eigenvalue weighted by atomic mass is 32.2. The van der Waals surface area contributed by atoms with Crippen LogP contribution in [-0.4, -0.2) is 58.4 Å². The molecule has 0 aromatic rings. The van der Waals surface area contributed by atoms with Gasteiger partial charge in [0.1, 0.15) is 0 Å². The second-order valence-electron chi connectivity index (χ2n) is 4.46. The minimum atomic E-state index is -0.904. The van der Waals surface area contributed by atoms with E-state index in [9.17, 15) is 14.4 Å². The van der Waals surface area contributed by atoms with Gasteiger partial charge < -0.3 is 15.3 Å². The lowest BCUT2D eigenvalue weighted by Crippen LogP contribution is -2.47. The van der Waals surface area contributed by atoms with Crippen molar-refractivity contribution in [1.29, 1.82) is 0 Å². The van der Waals surface area contributed by atoms with Crippen molar-refractivity contribution in [3.8, 4) is 0 Å². The van der Waals surface area contributed by atoms with E-state index in [1.165, 1.54) is 0 Å². The molecule has 1 saturated heterocycles. The monoisotopic (exact) mass is 288 g/mol. The highest BCUT2D eigenvalue weighted by Gasteiger charge is 2.23. The number of thioether (sulfide) groups is 1. The van der Waals surface area contributed by atoms with Crippen LogP contribution in [0.25, 0.3) is 0 Å². The number of likely N-dealkylation sites (tertiary alicyclic amines) is 1. The molecule has 0 aromatic carbocycles. The molecule has 108 valence electrons. The summed E-state index contributed by atoms with van der Waals surface area (Å²) in [5.74, 6) is -0.723. The van der Waals surface area contributed by atoms with E-state index in [0.29, 0.717) is 19.5 Å². The molecule has 7 heteroatoms. The van der Waals surface area contributed by atoms with Crippen LogP contribution >= 0.6 is 11.8 Å². The summed E-state index contributed by atoms with van der Waals surface area (Å²) in [6, 6.07) is 0.156. The Bertz CT molecular complexity index is 341. The number of nitrogens with one attached hydrogen (secondary N) is 1. The lowest BCUT2D eigenvalue weighted by Gasteiger charge is -2.32. The normalized spacial score (nSPS) is 16.2. The molecule has 0 saturated carbocycles. The Hall–Kier alpha value is -1.24. The molecule has 0 radical (unpaired) electrons. The first-order chi connectivity index (χ1) is 9.02. The SMILES string of the molecule is CCC(=O)NC1CCN(C(=O)CSCC(=O)O)CC1. The molecule has 1 rings (SSSR count). The molecule has 6 nitrogen and oxygen atoms in total. The standard InChI is InChI=1S/C12H20N2O4S/c1-2-10(15)13-9-3-5-14(6-4-9)11(16)7-19-8-12(17)18/h9H,2-8H2,1H3,(H,13,15)(H,17,18). The quantitative estimate of drug-likeness (QED) is 0.735. The second kappa shape index (κ2) is 8.04. The average Bonchev–Trinajstić information content (AvgIpc) is 2.38. The summed E-state index contributed by atoms with van der Waals surface area (Å²) >= 11 is 1.12. The summed E-state index contributed by atoms with van der Waals surface area (Å²) in [4.78, 5) is 35.1. The van der Waals surface area contributed by atoms with E-state index in [0.717, 1.165) is 24.6 Å². The van der Waals surface area contributed by atoms with Crippen LogP contribution in [0.15, 0.2) is 0 Å². The van der Waals surface area contributed by atoms with E-state index in [2.05, 4.69) is 5.32 Å². The molecule has 0 unspecified atom stereocenters. The van der Waals surface area contributed by atoms with Crippen LogP contribution in [0, 0.1) is 0 Å². The van der Waals surface area contributed by atoms with Crippen LogP contribution < -0.4 is 5.32 Å².